The molecular formula is C13H11N3O2. The number of hydrogen-bond donors (Lipinski definition) is 3. The average molecular weight is 241 g/mol. The second-order valence-corrected chi connectivity index (χ2v) is 4.09. The number of fused-ring (bicyclic) bond motifs is 1. The largest absolute Gasteiger partial charge is 0.383 e. The predicted octanol–water partition coefficient (Wildman–Crippen LogP) is 1.07. The van der Waals surface area contributed by atoms with Crippen LogP contribution in [0.15, 0.2) is 36.5 Å². The molecule has 1 atom stereocenters. The molecule has 1 aliphatic rings. The summed E-state index contributed by atoms with van der Waals surface area (Å²) in [5.74, 6) is -0.251. The Morgan fingerprint density at radius 3 is 2.72 bits per heavy atom. The number of nitrogens with one attached hydrogen (secondary N) is 1. The Morgan fingerprint density at radius 1 is 1.28 bits per heavy atom. The van der Waals surface area contributed by atoms with Crippen LogP contribution in [0.5, 0.6) is 0 Å². The van der Waals surface area contributed by atoms with E-state index in [0.29, 0.717) is 11.1 Å². The van der Waals surface area contributed by atoms with E-state index in [2.05, 4.69) is 10.3 Å². The third-order valence-electron chi connectivity index (χ3n) is 3.00. The van der Waals surface area contributed by atoms with Crippen LogP contribution in [-0.2, 0) is 0 Å². The Bertz CT molecular complexity index is 626. The molecule has 1 unspecified atom stereocenters. The second kappa shape index (κ2) is 3.82. The smallest absolute Gasteiger partial charge is 0.257 e. The molecule has 0 aliphatic carbocycles. The minimum absolute atomic E-state index is 0.138. The van der Waals surface area contributed by atoms with Crippen LogP contribution in [0.4, 0.5) is 5.82 Å². The molecule has 3 rings (SSSR count). The lowest BCUT2D eigenvalue weighted by Crippen LogP contribution is -2.18. The predicted molar refractivity (Wildman–Crippen MR) is 66.5 cm³/mol. The summed E-state index contributed by atoms with van der Waals surface area (Å²) in [5, 5.41) is 12.3. The molecule has 1 aromatic heterocycles. The van der Waals surface area contributed by atoms with Crippen molar-refractivity contribution < 1.29 is 9.90 Å². The van der Waals surface area contributed by atoms with Gasteiger partial charge in [-0.2, -0.15) is 0 Å². The van der Waals surface area contributed by atoms with E-state index in [-0.39, 0.29) is 17.3 Å². The van der Waals surface area contributed by atoms with Gasteiger partial charge in [0.05, 0.1) is 5.56 Å². The third kappa shape index (κ3) is 1.45. The van der Waals surface area contributed by atoms with Gasteiger partial charge in [-0.15, -0.1) is 0 Å². The summed E-state index contributed by atoms with van der Waals surface area (Å²) in [6, 6.07) is 9.45. The third-order valence-corrected chi connectivity index (χ3v) is 3.00. The van der Waals surface area contributed by atoms with E-state index < -0.39 is 6.23 Å². The monoisotopic (exact) mass is 241 g/mol. The summed E-state index contributed by atoms with van der Waals surface area (Å²) in [6.45, 7) is 0. The van der Waals surface area contributed by atoms with Gasteiger partial charge in [0.2, 0.25) is 0 Å². The summed E-state index contributed by atoms with van der Waals surface area (Å²) >= 11 is 0. The summed E-state index contributed by atoms with van der Waals surface area (Å²) in [6.07, 6.45) is 0.542. The van der Waals surface area contributed by atoms with Crippen molar-refractivity contribution in [2.24, 2.45) is 0 Å². The SMILES string of the molecule is Nc1ncc(-c2ccccc2)c2c1C(=O)NC2O. The van der Waals surface area contributed by atoms with Crippen LogP contribution in [0.25, 0.3) is 11.1 Å². The molecule has 0 fully saturated rings. The Labute approximate surface area is 103 Å². The van der Waals surface area contributed by atoms with Gasteiger partial charge in [-0.25, -0.2) is 4.98 Å². The van der Waals surface area contributed by atoms with Gasteiger partial charge in [-0.3, -0.25) is 4.79 Å². The number of hydrogen-bond acceptors (Lipinski definition) is 4. The van der Waals surface area contributed by atoms with E-state index in [4.69, 9.17) is 5.73 Å². The Morgan fingerprint density at radius 2 is 2.00 bits per heavy atom. The van der Waals surface area contributed by atoms with Crippen molar-refractivity contribution in [2.45, 2.75) is 6.23 Å². The van der Waals surface area contributed by atoms with Crippen molar-refractivity contribution in [3.63, 3.8) is 0 Å². The zero-order valence-electron chi connectivity index (χ0n) is 9.42. The summed E-state index contributed by atoms with van der Waals surface area (Å²) in [7, 11) is 0. The number of pyridine rings is 1. The van der Waals surface area contributed by atoms with E-state index in [1.165, 1.54) is 0 Å². The van der Waals surface area contributed by atoms with E-state index in [0.717, 1.165) is 5.56 Å². The summed E-state index contributed by atoms with van der Waals surface area (Å²) < 4.78 is 0. The molecule has 0 radical (unpaired) electrons. The van der Waals surface area contributed by atoms with Crippen LogP contribution in [0.3, 0.4) is 0 Å². The molecule has 0 spiro atoms. The molecule has 18 heavy (non-hydrogen) atoms. The molecule has 1 aromatic carbocycles. The highest BCUT2D eigenvalue weighted by molar-refractivity contribution is 6.04. The lowest BCUT2D eigenvalue weighted by Gasteiger charge is -2.10. The molecule has 90 valence electrons. The fraction of sp³-hybridized carbons (Fsp3) is 0.0769. The number of carbonyl (C=O) groups is 1. The number of nitrogen functional groups attached to an aromatic ring is 1. The number of aliphatic hydroxyl groups is 1. The fourth-order valence-corrected chi connectivity index (χ4v) is 2.18. The fourth-order valence-electron chi connectivity index (χ4n) is 2.18. The average Bonchev–Trinajstić information content (AvgIpc) is 2.68. The van der Waals surface area contributed by atoms with Crippen molar-refractivity contribution in [2.75, 3.05) is 5.73 Å². The quantitative estimate of drug-likeness (QED) is 0.696. The number of benzene rings is 1. The van der Waals surface area contributed by atoms with Crippen molar-refractivity contribution in [3.8, 4) is 11.1 Å². The van der Waals surface area contributed by atoms with Gasteiger partial charge in [0.25, 0.3) is 5.91 Å². The molecular weight excluding hydrogens is 230 g/mol. The van der Waals surface area contributed by atoms with Crippen LogP contribution in [-0.4, -0.2) is 16.0 Å². The van der Waals surface area contributed by atoms with Gasteiger partial charge < -0.3 is 16.2 Å². The van der Waals surface area contributed by atoms with Gasteiger partial charge in [0.1, 0.15) is 5.82 Å². The van der Waals surface area contributed by atoms with Gasteiger partial charge in [0.15, 0.2) is 6.23 Å². The van der Waals surface area contributed by atoms with Gasteiger partial charge in [-0.05, 0) is 5.56 Å². The standard InChI is InChI=1S/C13H11N3O2/c14-11-10-9(12(17)16-13(10)18)8(6-15-11)7-4-2-1-3-5-7/h1-6,12,17H,(H2,14,15)(H,16,18). The van der Waals surface area contributed by atoms with Crippen LogP contribution in [0.2, 0.25) is 0 Å². The van der Waals surface area contributed by atoms with Crippen molar-refractivity contribution >= 4 is 11.7 Å². The molecule has 2 aromatic rings. The first-order chi connectivity index (χ1) is 8.68. The summed E-state index contributed by atoms with van der Waals surface area (Å²) in [4.78, 5) is 15.7. The molecule has 4 N–H and O–H groups in total. The molecule has 5 heteroatoms. The molecule has 2 heterocycles. The zero-order chi connectivity index (χ0) is 12.7. The van der Waals surface area contributed by atoms with Crippen molar-refractivity contribution in [1.29, 1.82) is 0 Å². The topological polar surface area (TPSA) is 88.2 Å². The number of nitrogens with two attached hydrogens (primary N) is 1. The first kappa shape index (κ1) is 10.7. The van der Waals surface area contributed by atoms with Crippen molar-refractivity contribution in [3.05, 3.63) is 47.7 Å². The molecule has 5 nitrogen and oxygen atoms in total. The number of nitrogens with zero attached hydrogens (tertiary/aromatic N) is 1. The minimum atomic E-state index is -1.03. The van der Waals surface area contributed by atoms with Crippen LogP contribution >= 0.6 is 0 Å². The van der Waals surface area contributed by atoms with E-state index in [1.54, 1.807) is 6.20 Å². The Hall–Kier alpha value is -2.40. The highest BCUT2D eigenvalue weighted by Crippen LogP contribution is 2.35. The van der Waals surface area contributed by atoms with Crippen LogP contribution in [0, 0.1) is 0 Å². The zero-order valence-corrected chi connectivity index (χ0v) is 9.42. The molecule has 0 bridgehead atoms. The normalized spacial score (nSPS) is 17.4. The van der Waals surface area contributed by atoms with Crippen LogP contribution in [0.1, 0.15) is 22.1 Å². The number of anilines is 1. The maximum Gasteiger partial charge on any atom is 0.257 e. The maximum atomic E-state index is 11.7. The maximum absolute atomic E-state index is 11.7. The molecule has 1 aliphatic heterocycles. The Balaban J connectivity index is 2.28. The number of aliphatic hydroxyl groups excluding tert-OH is 1. The molecule has 1 amide bonds. The molecule has 0 saturated carbocycles. The minimum Gasteiger partial charge on any atom is -0.383 e. The number of amides is 1. The highest BCUT2D eigenvalue weighted by atomic mass is 16.3. The van der Waals surface area contributed by atoms with Crippen LogP contribution < -0.4 is 11.1 Å². The van der Waals surface area contributed by atoms with Crippen molar-refractivity contribution in [1.82, 2.24) is 10.3 Å². The number of carbonyl (C=O) groups excluding carboxylic acids is 1. The first-order valence-corrected chi connectivity index (χ1v) is 5.51. The lowest BCUT2D eigenvalue weighted by atomic mass is 9.98. The van der Waals surface area contributed by atoms with Gasteiger partial charge in [0, 0.05) is 17.3 Å². The first-order valence-electron chi connectivity index (χ1n) is 5.51. The second-order valence-electron chi connectivity index (χ2n) is 4.09. The molecule has 0 saturated heterocycles. The summed E-state index contributed by atoms with van der Waals surface area (Å²) in [5.41, 5.74) is 8.05. The van der Waals surface area contributed by atoms with E-state index >= 15 is 0 Å². The Kier molecular flexibility index (Phi) is 2.28. The highest BCUT2D eigenvalue weighted by Gasteiger charge is 2.32. The number of aromatic nitrogens is 1. The van der Waals surface area contributed by atoms with Gasteiger partial charge in [-0.1, -0.05) is 30.3 Å². The van der Waals surface area contributed by atoms with E-state index in [1.807, 2.05) is 30.3 Å². The van der Waals surface area contributed by atoms with E-state index in [9.17, 15) is 9.90 Å². The van der Waals surface area contributed by atoms with Gasteiger partial charge >= 0.3 is 0 Å². The lowest BCUT2D eigenvalue weighted by molar-refractivity contribution is 0.0851. The number of rotatable bonds is 1.